The Bertz CT molecular complexity index is 1440. The number of nitrogens with two attached hydrogens (primary N) is 1. The van der Waals surface area contributed by atoms with Crippen LogP contribution in [-0.4, -0.2) is 35.6 Å². The lowest BCUT2D eigenvalue weighted by molar-refractivity contribution is -0.129. The summed E-state index contributed by atoms with van der Waals surface area (Å²) < 4.78 is 5.15. The summed E-state index contributed by atoms with van der Waals surface area (Å²) in [6, 6.07) is 22.9. The first-order valence-corrected chi connectivity index (χ1v) is 14.1. The summed E-state index contributed by atoms with van der Waals surface area (Å²) in [5.41, 5.74) is 9.13. The topological polar surface area (TPSA) is 151 Å². The van der Waals surface area contributed by atoms with Gasteiger partial charge in [0.1, 0.15) is 12.4 Å². The molecular formula is C33H36N4O5. The number of carbonyl (C=O) groups excluding carboxylic acids is 4. The van der Waals surface area contributed by atoms with Gasteiger partial charge in [0, 0.05) is 23.5 Å². The second-order valence-corrected chi connectivity index (χ2v) is 10.7. The van der Waals surface area contributed by atoms with Gasteiger partial charge in [0.25, 0.3) is 0 Å². The van der Waals surface area contributed by atoms with Crippen molar-refractivity contribution in [2.24, 2.45) is 11.7 Å². The van der Waals surface area contributed by atoms with E-state index in [0.717, 1.165) is 29.5 Å². The Morgan fingerprint density at radius 3 is 2.38 bits per heavy atom. The van der Waals surface area contributed by atoms with E-state index in [1.165, 1.54) is 0 Å². The number of hydrogen-bond acceptors (Lipinski definition) is 6. The molecular weight excluding hydrogens is 532 g/mol. The number of ether oxygens (including phenoxy) is 1. The molecule has 1 saturated carbocycles. The van der Waals surface area contributed by atoms with Crippen LogP contribution in [0.4, 0.5) is 4.79 Å². The van der Waals surface area contributed by atoms with E-state index < -0.39 is 18.0 Å². The van der Waals surface area contributed by atoms with Gasteiger partial charge in [-0.2, -0.15) is 0 Å². The highest BCUT2D eigenvalue weighted by Gasteiger charge is 2.32. The molecule has 3 aromatic rings. The van der Waals surface area contributed by atoms with Crippen molar-refractivity contribution in [2.45, 2.75) is 57.6 Å². The smallest absolute Gasteiger partial charge is 0.413 e. The first kappa shape index (κ1) is 30.2. The van der Waals surface area contributed by atoms with E-state index in [1.54, 1.807) is 31.2 Å². The van der Waals surface area contributed by atoms with Crippen LogP contribution in [0.2, 0.25) is 0 Å². The quantitative estimate of drug-likeness (QED) is 0.196. The average Bonchev–Trinajstić information content (AvgIpc) is 3.50. The molecule has 1 aliphatic carbocycles. The minimum absolute atomic E-state index is 0.0632. The molecule has 0 bridgehead atoms. The Hall–Kier alpha value is -4.79. The SMILES string of the molecule is C[C@H](NC(=O)[C@@H]1CC[C@H](c2cccc(C(N)=O)c2)C1)C(=O)CCc1ccc(C(=N)NC(=O)OCc2ccccc2)cc1. The van der Waals surface area contributed by atoms with Crippen molar-refractivity contribution in [2.75, 3.05) is 0 Å². The fourth-order valence-electron chi connectivity index (χ4n) is 5.14. The monoisotopic (exact) mass is 568 g/mol. The van der Waals surface area contributed by atoms with Crippen molar-refractivity contribution in [1.82, 2.24) is 10.6 Å². The van der Waals surface area contributed by atoms with Crippen molar-refractivity contribution in [3.63, 3.8) is 0 Å². The number of Topliss-reactive ketones (excluding diaryl/α,β-unsaturated/α-hetero) is 1. The molecule has 218 valence electrons. The molecule has 4 rings (SSSR count). The number of amides is 3. The van der Waals surface area contributed by atoms with Crippen LogP contribution in [0, 0.1) is 11.3 Å². The van der Waals surface area contributed by atoms with Crippen molar-refractivity contribution in [3.8, 4) is 0 Å². The molecule has 9 nitrogen and oxygen atoms in total. The summed E-state index contributed by atoms with van der Waals surface area (Å²) >= 11 is 0. The summed E-state index contributed by atoms with van der Waals surface area (Å²) in [7, 11) is 0. The first-order valence-electron chi connectivity index (χ1n) is 14.1. The summed E-state index contributed by atoms with van der Waals surface area (Å²) in [5.74, 6) is -0.753. The number of benzene rings is 3. The Morgan fingerprint density at radius 1 is 0.929 bits per heavy atom. The molecule has 1 fully saturated rings. The molecule has 9 heteroatoms. The normalized spacial score (nSPS) is 16.7. The van der Waals surface area contributed by atoms with E-state index in [9.17, 15) is 19.2 Å². The first-order chi connectivity index (χ1) is 20.2. The van der Waals surface area contributed by atoms with E-state index in [2.05, 4.69) is 10.6 Å². The number of amidine groups is 1. The summed E-state index contributed by atoms with van der Waals surface area (Å²) in [6.07, 6.45) is 2.26. The van der Waals surface area contributed by atoms with E-state index >= 15 is 0 Å². The van der Waals surface area contributed by atoms with Crippen LogP contribution in [0.15, 0.2) is 78.9 Å². The number of ketones is 1. The van der Waals surface area contributed by atoms with Gasteiger partial charge in [0.15, 0.2) is 5.78 Å². The van der Waals surface area contributed by atoms with Gasteiger partial charge in [0.05, 0.1) is 6.04 Å². The highest BCUT2D eigenvalue weighted by molar-refractivity contribution is 6.04. The van der Waals surface area contributed by atoms with Gasteiger partial charge < -0.3 is 15.8 Å². The Kier molecular flexibility index (Phi) is 10.2. The van der Waals surface area contributed by atoms with E-state index in [1.807, 2.05) is 54.6 Å². The predicted octanol–water partition coefficient (Wildman–Crippen LogP) is 4.63. The van der Waals surface area contributed by atoms with Gasteiger partial charge in [-0.05, 0) is 67.3 Å². The zero-order valence-corrected chi connectivity index (χ0v) is 23.6. The van der Waals surface area contributed by atoms with Crippen LogP contribution >= 0.6 is 0 Å². The molecule has 0 unspecified atom stereocenters. The Morgan fingerprint density at radius 2 is 1.67 bits per heavy atom. The summed E-state index contributed by atoms with van der Waals surface area (Å²) in [5, 5.41) is 13.4. The molecule has 3 atom stereocenters. The molecule has 0 aliphatic heterocycles. The van der Waals surface area contributed by atoms with Gasteiger partial charge in [0.2, 0.25) is 11.8 Å². The molecule has 0 heterocycles. The third-order valence-corrected chi connectivity index (χ3v) is 7.63. The standard InChI is InChI=1S/C33H36N4O5/c1-21(36-32(40)28-16-15-26(19-28)25-8-5-9-27(18-25)31(35)39)29(38)17-12-22-10-13-24(14-11-22)30(34)37-33(41)42-20-23-6-3-2-4-7-23/h2-11,13-14,18,21,26,28H,12,15-17,19-20H2,1H3,(H2,35,39)(H,36,40)(H2,34,37,41)/t21-,26-,28+/m0/s1. The lowest BCUT2D eigenvalue weighted by atomic mass is 9.94. The van der Waals surface area contributed by atoms with E-state index in [0.29, 0.717) is 24.0 Å². The van der Waals surface area contributed by atoms with Crippen LogP contribution < -0.4 is 16.4 Å². The molecule has 0 aromatic heterocycles. The molecule has 1 aliphatic rings. The number of primary amides is 1. The predicted molar refractivity (Wildman–Crippen MR) is 159 cm³/mol. The van der Waals surface area contributed by atoms with Crippen LogP contribution in [0.5, 0.6) is 0 Å². The van der Waals surface area contributed by atoms with Crippen molar-refractivity contribution < 1.29 is 23.9 Å². The number of nitrogens with one attached hydrogen (secondary N) is 3. The minimum atomic E-state index is -0.708. The third kappa shape index (κ3) is 8.36. The Labute approximate surface area is 245 Å². The fraction of sp³-hybridized carbons (Fsp3) is 0.303. The fourth-order valence-corrected chi connectivity index (χ4v) is 5.14. The molecule has 3 aromatic carbocycles. The maximum Gasteiger partial charge on any atom is 0.413 e. The molecule has 0 spiro atoms. The van der Waals surface area contributed by atoms with E-state index in [4.69, 9.17) is 15.9 Å². The minimum Gasteiger partial charge on any atom is -0.444 e. The maximum atomic E-state index is 12.9. The van der Waals surface area contributed by atoms with Gasteiger partial charge in [-0.1, -0.05) is 66.7 Å². The van der Waals surface area contributed by atoms with Gasteiger partial charge in [-0.25, -0.2) is 4.79 Å². The van der Waals surface area contributed by atoms with Crippen molar-refractivity contribution >= 4 is 29.5 Å². The largest absolute Gasteiger partial charge is 0.444 e. The zero-order valence-electron chi connectivity index (χ0n) is 23.6. The molecule has 5 N–H and O–H groups in total. The second-order valence-electron chi connectivity index (χ2n) is 10.7. The van der Waals surface area contributed by atoms with Crippen molar-refractivity contribution in [1.29, 1.82) is 5.41 Å². The van der Waals surface area contributed by atoms with Gasteiger partial charge in [-0.3, -0.25) is 25.1 Å². The third-order valence-electron chi connectivity index (χ3n) is 7.63. The summed E-state index contributed by atoms with van der Waals surface area (Å²) in [4.78, 5) is 49.2. The molecule has 3 amide bonds. The highest BCUT2D eigenvalue weighted by Crippen LogP contribution is 2.38. The molecule has 42 heavy (non-hydrogen) atoms. The zero-order chi connectivity index (χ0) is 30.1. The lowest BCUT2D eigenvalue weighted by Gasteiger charge is -2.17. The number of carbonyl (C=O) groups is 4. The number of alkyl carbamates (subject to hydrolysis) is 1. The lowest BCUT2D eigenvalue weighted by Crippen LogP contribution is -2.41. The van der Waals surface area contributed by atoms with Crippen LogP contribution in [0.1, 0.15) is 71.1 Å². The van der Waals surface area contributed by atoms with Gasteiger partial charge in [-0.15, -0.1) is 0 Å². The van der Waals surface area contributed by atoms with Crippen LogP contribution in [0.25, 0.3) is 0 Å². The van der Waals surface area contributed by atoms with Crippen LogP contribution in [0.3, 0.4) is 0 Å². The number of aryl methyl sites for hydroxylation is 1. The van der Waals surface area contributed by atoms with Gasteiger partial charge >= 0.3 is 6.09 Å². The molecule has 0 saturated heterocycles. The average molecular weight is 569 g/mol. The summed E-state index contributed by atoms with van der Waals surface area (Å²) in [6.45, 7) is 1.82. The maximum absolute atomic E-state index is 12.9. The van der Waals surface area contributed by atoms with Crippen molar-refractivity contribution in [3.05, 3.63) is 107 Å². The molecule has 0 radical (unpaired) electrons. The van der Waals surface area contributed by atoms with E-state index in [-0.39, 0.29) is 42.4 Å². The number of rotatable bonds is 11. The highest BCUT2D eigenvalue weighted by atomic mass is 16.5. The second kappa shape index (κ2) is 14.2. The number of hydrogen-bond donors (Lipinski definition) is 4. The Balaban J connectivity index is 1.19. The van der Waals surface area contributed by atoms with Crippen LogP contribution in [-0.2, 0) is 27.4 Å².